The van der Waals surface area contributed by atoms with Gasteiger partial charge >= 0.3 is 0 Å². The average molecular weight is 259 g/mol. The summed E-state index contributed by atoms with van der Waals surface area (Å²) in [6.45, 7) is 0. The number of ether oxygens (including phenoxy) is 1. The Hall–Kier alpha value is -0.400. The fourth-order valence-corrected chi connectivity index (χ4v) is 2.50. The summed E-state index contributed by atoms with van der Waals surface area (Å²) in [7, 11) is 0. The van der Waals surface area contributed by atoms with E-state index in [1.54, 1.807) is 0 Å². The lowest BCUT2D eigenvalue weighted by Crippen LogP contribution is -2.19. The molecule has 0 atom stereocenters. The molecule has 3 heteroatoms. The SMILES string of the molecule is ClCc1ccc(OC2CCCCC2)c(Cl)c1. The number of halogens is 2. The lowest BCUT2D eigenvalue weighted by Gasteiger charge is -2.23. The summed E-state index contributed by atoms with van der Waals surface area (Å²) < 4.78 is 5.91. The van der Waals surface area contributed by atoms with E-state index in [-0.39, 0.29) is 0 Å². The third-order valence-corrected chi connectivity index (χ3v) is 3.60. The van der Waals surface area contributed by atoms with Crippen LogP contribution in [0.1, 0.15) is 37.7 Å². The highest BCUT2D eigenvalue weighted by Gasteiger charge is 2.16. The molecule has 1 aliphatic rings. The van der Waals surface area contributed by atoms with Crippen LogP contribution < -0.4 is 4.74 Å². The monoisotopic (exact) mass is 258 g/mol. The zero-order valence-electron chi connectivity index (χ0n) is 9.22. The molecule has 0 bridgehead atoms. The van der Waals surface area contributed by atoms with E-state index in [2.05, 4.69) is 0 Å². The summed E-state index contributed by atoms with van der Waals surface area (Å²) in [5.41, 5.74) is 1.03. The van der Waals surface area contributed by atoms with Gasteiger partial charge in [0.05, 0.1) is 11.1 Å². The summed E-state index contributed by atoms with van der Waals surface area (Å²) in [4.78, 5) is 0. The van der Waals surface area contributed by atoms with Crippen molar-refractivity contribution in [3.05, 3.63) is 28.8 Å². The Kier molecular flexibility index (Phi) is 4.37. The van der Waals surface area contributed by atoms with E-state index in [0.717, 1.165) is 24.2 Å². The Morgan fingerprint density at radius 3 is 2.56 bits per heavy atom. The summed E-state index contributed by atoms with van der Waals surface area (Å²) in [6.07, 6.45) is 6.50. The van der Waals surface area contributed by atoms with Crippen molar-refractivity contribution < 1.29 is 4.74 Å². The maximum absolute atomic E-state index is 6.14. The van der Waals surface area contributed by atoms with Gasteiger partial charge in [-0.15, -0.1) is 11.6 Å². The highest BCUT2D eigenvalue weighted by Crippen LogP contribution is 2.30. The minimum atomic E-state index is 0.341. The summed E-state index contributed by atoms with van der Waals surface area (Å²) in [6, 6.07) is 5.78. The normalized spacial score (nSPS) is 17.4. The van der Waals surface area contributed by atoms with E-state index >= 15 is 0 Å². The van der Waals surface area contributed by atoms with Gasteiger partial charge in [0, 0.05) is 5.88 Å². The van der Waals surface area contributed by atoms with Crippen LogP contribution in [0.25, 0.3) is 0 Å². The molecule has 1 nitrogen and oxygen atoms in total. The number of hydrogen-bond donors (Lipinski definition) is 0. The molecule has 0 aliphatic heterocycles. The van der Waals surface area contributed by atoms with Crippen molar-refractivity contribution in [2.24, 2.45) is 0 Å². The quantitative estimate of drug-likeness (QED) is 0.709. The molecule has 0 unspecified atom stereocenters. The third-order valence-electron chi connectivity index (χ3n) is 3.00. The van der Waals surface area contributed by atoms with E-state index < -0.39 is 0 Å². The minimum Gasteiger partial charge on any atom is -0.489 e. The van der Waals surface area contributed by atoms with E-state index in [1.165, 1.54) is 19.3 Å². The molecule has 1 aliphatic carbocycles. The predicted molar refractivity (Wildman–Crippen MR) is 68.5 cm³/mol. The molecule has 0 N–H and O–H groups in total. The van der Waals surface area contributed by atoms with Gasteiger partial charge in [-0.05, 0) is 43.4 Å². The molecular formula is C13H16Cl2O. The highest BCUT2D eigenvalue weighted by molar-refractivity contribution is 6.32. The van der Waals surface area contributed by atoms with Crippen LogP contribution in [0.2, 0.25) is 5.02 Å². The molecule has 1 fully saturated rings. The maximum atomic E-state index is 6.14. The Bertz CT molecular complexity index is 346. The topological polar surface area (TPSA) is 9.23 Å². The molecule has 16 heavy (non-hydrogen) atoms. The van der Waals surface area contributed by atoms with Crippen molar-refractivity contribution in [2.45, 2.75) is 44.1 Å². The smallest absolute Gasteiger partial charge is 0.138 e. The number of alkyl halides is 1. The molecule has 0 aromatic heterocycles. The standard InChI is InChI=1S/C13H16Cl2O/c14-9-10-6-7-13(12(15)8-10)16-11-4-2-1-3-5-11/h6-8,11H,1-5,9H2. The van der Waals surface area contributed by atoms with Crippen LogP contribution in [-0.2, 0) is 5.88 Å². The van der Waals surface area contributed by atoms with Crippen molar-refractivity contribution in [2.75, 3.05) is 0 Å². The van der Waals surface area contributed by atoms with Crippen LogP contribution in [0.4, 0.5) is 0 Å². The zero-order valence-corrected chi connectivity index (χ0v) is 10.7. The second kappa shape index (κ2) is 5.79. The zero-order chi connectivity index (χ0) is 11.4. The lowest BCUT2D eigenvalue weighted by atomic mass is 9.98. The highest BCUT2D eigenvalue weighted by atomic mass is 35.5. The van der Waals surface area contributed by atoms with E-state index in [4.69, 9.17) is 27.9 Å². The number of benzene rings is 1. The Balaban J connectivity index is 2.03. The van der Waals surface area contributed by atoms with Crippen LogP contribution in [0.15, 0.2) is 18.2 Å². The van der Waals surface area contributed by atoms with Crippen molar-refractivity contribution in [3.63, 3.8) is 0 Å². The second-order valence-electron chi connectivity index (χ2n) is 4.28. The summed E-state index contributed by atoms with van der Waals surface area (Å²) >= 11 is 11.9. The first-order valence-corrected chi connectivity index (χ1v) is 6.72. The van der Waals surface area contributed by atoms with Gasteiger partial charge in [-0.1, -0.05) is 24.1 Å². The first-order chi connectivity index (χ1) is 7.79. The van der Waals surface area contributed by atoms with Crippen molar-refractivity contribution in [1.29, 1.82) is 0 Å². The van der Waals surface area contributed by atoms with Crippen molar-refractivity contribution in [3.8, 4) is 5.75 Å². The van der Waals surface area contributed by atoms with Crippen LogP contribution in [-0.4, -0.2) is 6.10 Å². The molecular weight excluding hydrogens is 243 g/mol. The maximum Gasteiger partial charge on any atom is 0.138 e. The molecule has 0 saturated heterocycles. The van der Waals surface area contributed by atoms with Gasteiger partial charge in [0.25, 0.3) is 0 Å². The second-order valence-corrected chi connectivity index (χ2v) is 4.95. The minimum absolute atomic E-state index is 0.341. The molecule has 0 radical (unpaired) electrons. The molecule has 0 heterocycles. The molecule has 1 saturated carbocycles. The Labute approximate surface area is 107 Å². The molecule has 0 amide bonds. The summed E-state index contributed by atoms with van der Waals surface area (Å²) in [5, 5.41) is 0.670. The van der Waals surface area contributed by atoms with Crippen LogP contribution in [0.3, 0.4) is 0 Å². The number of rotatable bonds is 3. The number of hydrogen-bond acceptors (Lipinski definition) is 1. The largest absolute Gasteiger partial charge is 0.489 e. The average Bonchev–Trinajstić information content (AvgIpc) is 2.33. The first kappa shape index (κ1) is 12.1. The van der Waals surface area contributed by atoms with Crippen molar-refractivity contribution >= 4 is 23.2 Å². The van der Waals surface area contributed by atoms with Gasteiger partial charge in [-0.2, -0.15) is 0 Å². The Morgan fingerprint density at radius 2 is 1.94 bits per heavy atom. The van der Waals surface area contributed by atoms with Crippen LogP contribution in [0, 0.1) is 0 Å². The fourth-order valence-electron chi connectivity index (χ4n) is 2.09. The third kappa shape index (κ3) is 3.05. The molecule has 88 valence electrons. The molecule has 2 rings (SSSR count). The molecule has 1 aromatic rings. The van der Waals surface area contributed by atoms with Gasteiger partial charge in [0.2, 0.25) is 0 Å². The van der Waals surface area contributed by atoms with Crippen LogP contribution >= 0.6 is 23.2 Å². The van der Waals surface area contributed by atoms with Crippen LogP contribution in [0.5, 0.6) is 5.75 Å². The Morgan fingerprint density at radius 1 is 1.19 bits per heavy atom. The van der Waals surface area contributed by atoms with E-state index in [0.29, 0.717) is 17.0 Å². The fraction of sp³-hybridized carbons (Fsp3) is 0.538. The van der Waals surface area contributed by atoms with E-state index in [9.17, 15) is 0 Å². The van der Waals surface area contributed by atoms with Gasteiger partial charge in [0.15, 0.2) is 0 Å². The van der Waals surface area contributed by atoms with Gasteiger partial charge in [0.1, 0.15) is 5.75 Å². The molecule has 1 aromatic carbocycles. The van der Waals surface area contributed by atoms with Crippen molar-refractivity contribution in [1.82, 2.24) is 0 Å². The summed E-state index contributed by atoms with van der Waals surface area (Å²) in [5.74, 6) is 1.28. The van der Waals surface area contributed by atoms with E-state index in [1.807, 2.05) is 18.2 Å². The molecule has 0 spiro atoms. The van der Waals surface area contributed by atoms with Gasteiger partial charge in [-0.3, -0.25) is 0 Å². The first-order valence-electron chi connectivity index (χ1n) is 5.80. The van der Waals surface area contributed by atoms with Gasteiger partial charge < -0.3 is 4.74 Å². The lowest BCUT2D eigenvalue weighted by molar-refractivity contribution is 0.155. The predicted octanol–water partition coefficient (Wildman–Crippen LogP) is 4.79. The van der Waals surface area contributed by atoms with Gasteiger partial charge in [-0.25, -0.2) is 0 Å².